The molecule has 2 fully saturated rings. The third-order valence-corrected chi connectivity index (χ3v) is 4.67. The smallest absolute Gasteiger partial charge is 0.234 e. The fourth-order valence-corrected chi connectivity index (χ4v) is 3.81. The summed E-state index contributed by atoms with van der Waals surface area (Å²) >= 11 is 0. The molecule has 1 heterocycles. The summed E-state index contributed by atoms with van der Waals surface area (Å²) in [5.41, 5.74) is 0. The minimum atomic E-state index is -0.236. The number of hydrogen-bond acceptors (Lipinski definition) is 3. The van der Waals surface area contributed by atoms with E-state index in [0.717, 1.165) is 6.42 Å². The van der Waals surface area contributed by atoms with Gasteiger partial charge in [-0.3, -0.25) is 14.5 Å². The first-order valence-electron chi connectivity index (χ1n) is 6.61. The van der Waals surface area contributed by atoms with Crippen LogP contribution in [0.5, 0.6) is 0 Å². The van der Waals surface area contributed by atoms with Crippen LogP contribution in [0.2, 0.25) is 0 Å². The van der Waals surface area contributed by atoms with Gasteiger partial charge in [-0.15, -0.1) is 0 Å². The van der Waals surface area contributed by atoms with E-state index in [1.54, 1.807) is 0 Å². The second kappa shape index (κ2) is 3.94. The van der Waals surface area contributed by atoms with E-state index in [9.17, 15) is 9.59 Å². The molecule has 0 aromatic rings. The molecule has 0 N–H and O–H groups in total. The summed E-state index contributed by atoms with van der Waals surface area (Å²) < 4.78 is 0. The molecule has 2 amide bonds. The van der Waals surface area contributed by atoms with Crippen molar-refractivity contribution in [3.63, 3.8) is 0 Å². The highest BCUT2D eigenvalue weighted by Crippen LogP contribution is 2.53. The summed E-state index contributed by atoms with van der Waals surface area (Å²) in [6, 6.07) is 1.84. The van der Waals surface area contributed by atoms with E-state index in [2.05, 4.69) is 18.2 Å². The van der Waals surface area contributed by atoms with E-state index in [4.69, 9.17) is 5.26 Å². The Balaban J connectivity index is 1.90. The lowest BCUT2D eigenvalue weighted by atomic mass is 9.85. The van der Waals surface area contributed by atoms with Gasteiger partial charge in [0.25, 0.3) is 0 Å². The molecule has 2 bridgehead atoms. The van der Waals surface area contributed by atoms with E-state index in [-0.39, 0.29) is 47.9 Å². The lowest BCUT2D eigenvalue weighted by molar-refractivity contribution is -0.143. The SMILES string of the molecule is CCC(CC#N)N1C(=O)C2C3C=CC(C3)C2C1=O. The van der Waals surface area contributed by atoms with Gasteiger partial charge in [-0.25, -0.2) is 0 Å². The Hall–Kier alpha value is -1.63. The zero-order valence-corrected chi connectivity index (χ0v) is 10.4. The molecule has 18 heavy (non-hydrogen) atoms. The van der Waals surface area contributed by atoms with Crippen LogP contribution < -0.4 is 0 Å². The standard InChI is InChI=1S/C14H16N2O2/c1-2-10(5-6-15)16-13(17)11-8-3-4-9(7-8)12(11)14(16)18/h3-4,8-12H,2,5,7H2,1H3. The van der Waals surface area contributed by atoms with Crippen LogP contribution in [-0.4, -0.2) is 22.8 Å². The molecule has 1 aliphatic heterocycles. The number of hydrogen-bond donors (Lipinski definition) is 0. The van der Waals surface area contributed by atoms with Crippen molar-refractivity contribution in [1.29, 1.82) is 5.26 Å². The topological polar surface area (TPSA) is 61.2 Å². The van der Waals surface area contributed by atoms with Gasteiger partial charge in [0.1, 0.15) is 0 Å². The third kappa shape index (κ3) is 1.30. The van der Waals surface area contributed by atoms with E-state index in [0.29, 0.717) is 6.42 Å². The minimum Gasteiger partial charge on any atom is -0.278 e. The van der Waals surface area contributed by atoms with E-state index in [1.165, 1.54) is 4.90 Å². The summed E-state index contributed by atoms with van der Waals surface area (Å²) in [6.07, 6.45) is 6.04. The number of imide groups is 1. The van der Waals surface area contributed by atoms with E-state index >= 15 is 0 Å². The summed E-state index contributed by atoms with van der Waals surface area (Å²) in [6.45, 7) is 1.92. The first kappa shape index (κ1) is 11.5. The molecule has 5 atom stereocenters. The number of fused-ring (bicyclic) bond motifs is 5. The summed E-state index contributed by atoms with van der Waals surface area (Å²) in [7, 11) is 0. The maximum atomic E-state index is 12.4. The Morgan fingerprint density at radius 3 is 2.33 bits per heavy atom. The van der Waals surface area contributed by atoms with Gasteiger partial charge in [0, 0.05) is 0 Å². The van der Waals surface area contributed by atoms with Crippen molar-refractivity contribution >= 4 is 11.8 Å². The van der Waals surface area contributed by atoms with Crippen LogP contribution in [-0.2, 0) is 9.59 Å². The van der Waals surface area contributed by atoms with Crippen molar-refractivity contribution in [2.75, 3.05) is 0 Å². The summed E-state index contributed by atoms with van der Waals surface area (Å²) in [5, 5.41) is 8.81. The van der Waals surface area contributed by atoms with Crippen LogP contribution >= 0.6 is 0 Å². The van der Waals surface area contributed by atoms with Crippen molar-refractivity contribution in [2.24, 2.45) is 23.7 Å². The highest BCUT2D eigenvalue weighted by atomic mass is 16.2. The lowest BCUT2D eigenvalue weighted by Gasteiger charge is -2.24. The van der Waals surface area contributed by atoms with Gasteiger partial charge in [0.15, 0.2) is 0 Å². The molecular formula is C14H16N2O2. The van der Waals surface area contributed by atoms with Gasteiger partial charge >= 0.3 is 0 Å². The molecule has 0 radical (unpaired) electrons. The predicted molar refractivity (Wildman–Crippen MR) is 63.9 cm³/mol. The second-order valence-electron chi connectivity index (χ2n) is 5.47. The molecule has 1 saturated heterocycles. The fourth-order valence-electron chi connectivity index (χ4n) is 3.81. The van der Waals surface area contributed by atoms with E-state index in [1.807, 2.05) is 6.92 Å². The highest BCUT2D eigenvalue weighted by molar-refractivity contribution is 6.06. The van der Waals surface area contributed by atoms with Gasteiger partial charge in [0.2, 0.25) is 11.8 Å². The Labute approximate surface area is 106 Å². The van der Waals surface area contributed by atoms with Crippen molar-refractivity contribution in [1.82, 2.24) is 4.90 Å². The zero-order valence-electron chi connectivity index (χ0n) is 10.4. The molecule has 4 heteroatoms. The molecule has 3 aliphatic rings. The van der Waals surface area contributed by atoms with Crippen molar-refractivity contribution in [2.45, 2.75) is 32.2 Å². The molecule has 0 aromatic heterocycles. The monoisotopic (exact) mass is 244 g/mol. The molecule has 1 saturated carbocycles. The Morgan fingerprint density at radius 2 is 1.89 bits per heavy atom. The quantitative estimate of drug-likeness (QED) is 0.558. The minimum absolute atomic E-state index is 0.0380. The van der Waals surface area contributed by atoms with Crippen LogP contribution in [0.25, 0.3) is 0 Å². The third-order valence-electron chi connectivity index (χ3n) is 4.67. The molecule has 94 valence electrons. The predicted octanol–water partition coefficient (Wildman–Crippen LogP) is 1.49. The maximum Gasteiger partial charge on any atom is 0.234 e. The number of allylic oxidation sites excluding steroid dienone is 2. The number of nitriles is 1. The number of rotatable bonds is 3. The molecule has 0 spiro atoms. The average molecular weight is 244 g/mol. The van der Waals surface area contributed by atoms with Crippen LogP contribution in [0.15, 0.2) is 12.2 Å². The molecule has 5 unspecified atom stereocenters. The number of carbonyl (C=O) groups excluding carboxylic acids is 2. The van der Waals surface area contributed by atoms with Crippen LogP contribution in [0.1, 0.15) is 26.2 Å². The lowest BCUT2D eigenvalue weighted by Crippen LogP contribution is -2.41. The van der Waals surface area contributed by atoms with Gasteiger partial charge in [-0.1, -0.05) is 19.1 Å². The molecule has 4 nitrogen and oxygen atoms in total. The number of nitrogens with zero attached hydrogens (tertiary/aromatic N) is 2. The summed E-state index contributed by atoms with van der Waals surface area (Å²) in [4.78, 5) is 26.2. The second-order valence-corrected chi connectivity index (χ2v) is 5.47. The zero-order chi connectivity index (χ0) is 12.9. The molecule has 0 aromatic carbocycles. The molecular weight excluding hydrogens is 228 g/mol. The van der Waals surface area contributed by atoms with Crippen molar-refractivity contribution < 1.29 is 9.59 Å². The number of amides is 2. The first-order valence-corrected chi connectivity index (χ1v) is 6.61. The van der Waals surface area contributed by atoms with Crippen molar-refractivity contribution in [3.05, 3.63) is 12.2 Å². The Bertz CT molecular complexity index is 447. The van der Waals surface area contributed by atoms with Gasteiger partial charge in [-0.05, 0) is 24.7 Å². The number of likely N-dealkylation sites (tertiary alicyclic amines) is 1. The maximum absolute atomic E-state index is 12.4. The normalized spacial score (nSPS) is 38.1. The molecule has 2 aliphatic carbocycles. The van der Waals surface area contributed by atoms with E-state index < -0.39 is 0 Å². The van der Waals surface area contributed by atoms with Crippen molar-refractivity contribution in [3.8, 4) is 6.07 Å². The first-order chi connectivity index (χ1) is 8.69. The van der Waals surface area contributed by atoms with Crippen LogP contribution in [0.3, 0.4) is 0 Å². The largest absolute Gasteiger partial charge is 0.278 e. The average Bonchev–Trinajstić information content (AvgIpc) is 3.02. The number of carbonyl (C=O) groups is 2. The van der Waals surface area contributed by atoms with Crippen LogP contribution in [0, 0.1) is 35.0 Å². The Morgan fingerprint density at radius 1 is 1.33 bits per heavy atom. The van der Waals surface area contributed by atoms with Gasteiger partial charge < -0.3 is 0 Å². The fraction of sp³-hybridized carbons (Fsp3) is 0.643. The summed E-state index contributed by atoms with van der Waals surface area (Å²) in [5.74, 6) is 0.149. The van der Waals surface area contributed by atoms with Gasteiger partial charge in [0.05, 0.1) is 30.4 Å². The van der Waals surface area contributed by atoms with Crippen LogP contribution in [0.4, 0.5) is 0 Å². The van der Waals surface area contributed by atoms with Gasteiger partial charge in [-0.2, -0.15) is 5.26 Å². The Kier molecular flexibility index (Phi) is 2.51. The molecule has 3 rings (SSSR count). The highest BCUT2D eigenvalue weighted by Gasteiger charge is 2.60.